The predicted octanol–water partition coefficient (Wildman–Crippen LogP) is 1.42. The number of aliphatic carboxylic acids is 1. The molecule has 1 unspecified atom stereocenters. The first-order chi connectivity index (χ1) is 6.49. The van der Waals surface area contributed by atoms with Crippen LogP contribution in [0, 0.1) is 0 Å². The Morgan fingerprint density at radius 2 is 2.00 bits per heavy atom. The zero-order valence-electron chi connectivity index (χ0n) is 8.23. The predicted molar refractivity (Wildman–Crippen MR) is 55.0 cm³/mol. The number of hydrogen-bond donors (Lipinski definition) is 2. The van der Waals surface area contributed by atoms with Crippen LogP contribution in [0.15, 0.2) is 30.3 Å². The summed E-state index contributed by atoms with van der Waals surface area (Å²) in [5.74, 6) is -0.856. The van der Waals surface area contributed by atoms with Crippen LogP contribution < -0.4 is 5.73 Å². The van der Waals surface area contributed by atoms with Crippen molar-refractivity contribution in [2.24, 2.45) is 5.73 Å². The first-order valence-corrected chi connectivity index (χ1v) is 4.54. The Labute approximate surface area is 83.6 Å². The van der Waals surface area contributed by atoms with E-state index in [1.54, 1.807) is 6.92 Å². The maximum atomic E-state index is 10.5. The molecule has 0 saturated carbocycles. The normalized spacial score (nSPS) is 14.7. The van der Waals surface area contributed by atoms with Crippen molar-refractivity contribution in [3.05, 3.63) is 35.9 Å². The lowest BCUT2D eigenvalue weighted by molar-refractivity contribution is -0.138. The summed E-state index contributed by atoms with van der Waals surface area (Å²) in [4.78, 5) is 10.5. The second-order valence-corrected chi connectivity index (χ2v) is 3.89. The van der Waals surface area contributed by atoms with Crippen LogP contribution in [0.4, 0.5) is 0 Å². The molecule has 14 heavy (non-hydrogen) atoms. The van der Waals surface area contributed by atoms with Crippen LogP contribution in [0.5, 0.6) is 0 Å². The van der Waals surface area contributed by atoms with Crippen molar-refractivity contribution in [3.8, 4) is 0 Å². The Morgan fingerprint density at radius 3 is 2.50 bits per heavy atom. The highest BCUT2D eigenvalue weighted by molar-refractivity contribution is 5.68. The Morgan fingerprint density at radius 1 is 1.43 bits per heavy atom. The van der Waals surface area contributed by atoms with E-state index in [0.29, 0.717) is 6.42 Å². The molecule has 0 saturated heterocycles. The van der Waals surface area contributed by atoms with Gasteiger partial charge in [-0.1, -0.05) is 30.3 Å². The smallest absolute Gasteiger partial charge is 0.305 e. The highest BCUT2D eigenvalue weighted by Gasteiger charge is 2.22. The summed E-state index contributed by atoms with van der Waals surface area (Å²) < 4.78 is 0. The van der Waals surface area contributed by atoms with E-state index in [9.17, 15) is 4.79 Å². The van der Waals surface area contributed by atoms with E-state index >= 15 is 0 Å². The van der Waals surface area contributed by atoms with Gasteiger partial charge in [0.25, 0.3) is 0 Å². The van der Waals surface area contributed by atoms with Crippen LogP contribution in [-0.2, 0) is 11.2 Å². The summed E-state index contributed by atoms with van der Waals surface area (Å²) in [6.45, 7) is 1.76. The van der Waals surface area contributed by atoms with Gasteiger partial charge >= 0.3 is 5.97 Å². The molecule has 0 radical (unpaired) electrons. The fourth-order valence-corrected chi connectivity index (χ4v) is 1.47. The molecule has 1 atom stereocenters. The van der Waals surface area contributed by atoms with Crippen LogP contribution in [0.3, 0.4) is 0 Å². The van der Waals surface area contributed by atoms with E-state index in [0.717, 1.165) is 5.56 Å². The number of carboxylic acid groups (broad SMARTS) is 1. The molecule has 76 valence electrons. The number of hydrogen-bond acceptors (Lipinski definition) is 2. The van der Waals surface area contributed by atoms with Gasteiger partial charge in [-0.25, -0.2) is 0 Å². The highest BCUT2D eigenvalue weighted by Crippen LogP contribution is 2.13. The second kappa shape index (κ2) is 4.24. The Kier molecular flexibility index (Phi) is 3.25. The van der Waals surface area contributed by atoms with Gasteiger partial charge in [-0.2, -0.15) is 0 Å². The quantitative estimate of drug-likeness (QED) is 0.760. The maximum absolute atomic E-state index is 10.5. The van der Waals surface area contributed by atoms with E-state index < -0.39 is 11.5 Å². The Bertz CT molecular complexity index is 306. The van der Waals surface area contributed by atoms with Gasteiger partial charge in [0, 0.05) is 5.54 Å². The standard InChI is InChI=1S/C11H15NO2/c1-11(12,8-10(13)14)7-9-5-3-2-4-6-9/h2-6H,7-8,12H2,1H3,(H,13,14). The van der Waals surface area contributed by atoms with Gasteiger partial charge in [-0.3, -0.25) is 4.79 Å². The van der Waals surface area contributed by atoms with Gasteiger partial charge < -0.3 is 10.8 Å². The van der Waals surface area contributed by atoms with Crippen molar-refractivity contribution in [1.29, 1.82) is 0 Å². The number of rotatable bonds is 4. The molecular weight excluding hydrogens is 178 g/mol. The molecule has 3 nitrogen and oxygen atoms in total. The molecule has 1 aromatic rings. The summed E-state index contributed by atoms with van der Waals surface area (Å²) in [5.41, 5.74) is 6.26. The molecule has 0 aliphatic heterocycles. The topological polar surface area (TPSA) is 63.3 Å². The highest BCUT2D eigenvalue weighted by atomic mass is 16.4. The number of carboxylic acids is 1. The zero-order chi connectivity index (χ0) is 10.6. The first-order valence-electron chi connectivity index (χ1n) is 4.54. The van der Waals surface area contributed by atoms with E-state index in [1.165, 1.54) is 0 Å². The lowest BCUT2D eigenvalue weighted by Crippen LogP contribution is -2.40. The molecule has 1 aromatic carbocycles. The minimum absolute atomic E-state index is 0.0120. The fourth-order valence-electron chi connectivity index (χ4n) is 1.47. The van der Waals surface area contributed by atoms with Crippen LogP contribution >= 0.6 is 0 Å². The van der Waals surface area contributed by atoms with Crippen LogP contribution in [-0.4, -0.2) is 16.6 Å². The summed E-state index contributed by atoms with van der Waals surface area (Å²) in [7, 11) is 0. The van der Waals surface area contributed by atoms with E-state index in [1.807, 2.05) is 30.3 Å². The molecule has 0 aliphatic carbocycles. The van der Waals surface area contributed by atoms with Crippen LogP contribution in [0.2, 0.25) is 0 Å². The molecule has 3 N–H and O–H groups in total. The molecule has 0 amide bonds. The molecule has 0 bridgehead atoms. The van der Waals surface area contributed by atoms with Gasteiger partial charge in [0.15, 0.2) is 0 Å². The van der Waals surface area contributed by atoms with Crippen molar-refractivity contribution in [1.82, 2.24) is 0 Å². The van der Waals surface area contributed by atoms with Crippen molar-refractivity contribution in [2.75, 3.05) is 0 Å². The monoisotopic (exact) mass is 193 g/mol. The zero-order valence-corrected chi connectivity index (χ0v) is 8.23. The molecule has 3 heteroatoms. The molecule has 0 aliphatic rings. The third kappa shape index (κ3) is 3.58. The van der Waals surface area contributed by atoms with Gasteiger partial charge in [0.05, 0.1) is 6.42 Å². The van der Waals surface area contributed by atoms with Crippen LogP contribution in [0.25, 0.3) is 0 Å². The SMILES string of the molecule is CC(N)(CC(=O)O)Cc1ccccc1. The maximum Gasteiger partial charge on any atom is 0.305 e. The lowest BCUT2D eigenvalue weighted by Gasteiger charge is -2.22. The molecule has 0 aromatic heterocycles. The van der Waals surface area contributed by atoms with Crippen molar-refractivity contribution < 1.29 is 9.90 Å². The van der Waals surface area contributed by atoms with E-state index in [4.69, 9.17) is 10.8 Å². The number of carbonyl (C=O) groups is 1. The summed E-state index contributed by atoms with van der Waals surface area (Å²) in [6, 6.07) is 9.67. The van der Waals surface area contributed by atoms with Gasteiger partial charge in [-0.05, 0) is 18.9 Å². The molecule has 0 spiro atoms. The van der Waals surface area contributed by atoms with Crippen molar-refractivity contribution in [2.45, 2.75) is 25.3 Å². The Hall–Kier alpha value is -1.35. The first kappa shape index (κ1) is 10.7. The number of benzene rings is 1. The third-order valence-corrected chi connectivity index (χ3v) is 2.01. The second-order valence-electron chi connectivity index (χ2n) is 3.89. The average Bonchev–Trinajstić information content (AvgIpc) is 2.02. The minimum atomic E-state index is -0.856. The molecule has 0 fully saturated rings. The Balaban J connectivity index is 2.63. The van der Waals surface area contributed by atoms with Crippen LogP contribution in [0.1, 0.15) is 18.9 Å². The molecular formula is C11H15NO2. The lowest BCUT2D eigenvalue weighted by atomic mass is 9.91. The van der Waals surface area contributed by atoms with Gasteiger partial charge in [0.2, 0.25) is 0 Å². The molecule has 0 heterocycles. The fraction of sp³-hybridized carbons (Fsp3) is 0.364. The average molecular weight is 193 g/mol. The summed E-state index contributed by atoms with van der Waals surface area (Å²) >= 11 is 0. The largest absolute Gasteiger partial charge is 0.481 e. The third-order valence-electron chi connectivity index (χ3n) is 2.01. The van der Waals surface area contributed by atoms with E-state index in [-0.39, 0.29) is 6.42 Å². The number of nitrogens with two attached hydrogens (primary N) is 1. The van der Waals surface area contributed by atoms with Crippen molar-refractivity contribution in [3.63, 3.8) is 0 Å². The summed E-state index contributed by atoms with van der Waals surface area (Å²) in [5, 5.41) is 8.65. The van der Waals surface area contributed by atoms with Gasteiger partial charge in [0.1, 0.15) is 0 Å². The van der Waals surface area contributed by atoms with Crippen molar-refractivity contribution >= 4 is 5.97 Å². The van der Waals surface area contributed by atoms with Gasteiger partial charge in [-0.15, -0.1) is 0 Å². The molecule has 1 rings (SSSR count). The van der Waals surface area contributed by atoms with E-state index in [2.05, 4.69) is 0 Å². The summed E-state index contributed by atoms with van der Waals surface area (Å²) in [6.07, 6.45) is 0.571. The minimum Gasteiger partial charge on any atom is -0.481 e.